The third-order valence-corrected chi connectivity index (χ3v) is 7.23. The minimum absolute atomic E-state index is 0.0920. The molecule has 1 saturated heterocycles. The fourth-order valence-corrected chi connectivity index (χ4v) is 5.37. The molecule has 0 unspecified atom stereocenters. The third-order valence-electron chi connectivity index (χ3n) is 6.50. The van der Waals surface area contributed by atoms with Crippen molar-refractivity contribution in [2.75, 3.05) is 26.3 Å². The standard InChI is InChI=1S/C20H21ClFN3O2S/c1-23-16(9-17(26)24-4-6-27-7-5-24)18-14-10-20(14,11-25(18)19(23)28)13-8-12(21)2-3-15(13)22/h2-3,8,14H,4-7,9-11H2,1H3/t14-,20+/m0/s1. The number of ether oxygens (including phenoxy) is 1. The molecule has 0 radical (unpaired) electrons. The first-order valence-corrected chi connectivity index (χ1v) is 10.3. The van der Waals surface area contributed by atoms with Gasteiger partial charge in [0.05, 0.1) is 19.6 Å². The Kier molecular flexibility index (Phi) is 4.19. The average Bonchev–Trinajstić information content (AvgIpc) is 3.26. The van der Waals surface area contributed by atoms with Gasteiger partial charge in [0.1, 0.15) is 5.82 Å². The molecule has 0 spiro atoms. The lowest BCUT2D eigenvalue weighted by Gasteiger charge is -2.27. The average molecular weight is 422 g/mol. The lowest BCUT2D eigenvalue weighted by atomic mass is 9.93. The molecule has 0 bridgehead atoms. The van der Waals surface area contributed by atoms with Gasteiger partial charge in [0, 0.05) is 54.4 Å². The number of benzene rings is 1. The quantitative estimate of drug-likeness (QED) is 0.714. The number of hydrogen-bond donors (Lipinski definition) is 0. The lowest BCUT2D eigenvalue weighted by molar-refractivity contribution is -0.134. The normalized spacial score (nSPS) is 25.5. The Morgan fingerprint density at radius 1 is 1.39 bits per heavy atom. The number of imidazole rings is 1. The molecule has 2 aromatic rings. The summed E-state index contributed by atoms with van der Waals surface area (Å²) in [5, 5.41) is 0.542. The number of rotatable bonds is 3. The van der Waals surface area contributed by atoms with Crippen LogP contribution in [0, 0.1) is 10.6 Å². The maximum atomic E-state index is 14.6. The Morgan fingerprint density at radius 2 is 2.14 bits per heavy atom. The smallest absolute Gasteiger partial charge is 0.228 e. The van der Waals surface area contributed by atoms with Gasteiger partial charge in [-0.2, -0.15) is 0 Å². The molecular formula is C20H21ClFN3O2S. The van der Waals surface area contributed by atoms with Crippen molar-refractivity contribution < 1.29 is 13.9 Å². The predicted octanol–water partition coefficient (Wildman–Crippen LogP) is 3.19. The van der Waals surface area contributed by atoms with Crippen LogP contribution >= 0.6 is 23.8 Å². The highest BCUT2D eigenvalue weighted by atomic mass is 35.5. The van der Waals surface area contributed by atoms with E-state index in [2.05, 4.69) is 4.57 Å². The number of nitrogens with zero attached hydrogens (tertiary/aromatic N) is 3. The summed E-state index contributed by atoms with van der Waals surface area (Å²) >= 11 is 11.8. The maximum absolute atomic E-state index is 14.6. The summed E-state index contributed by atoms with van der Waals surface area (Å²) in [6.45, 7) is 3.05. The van der Waals surface area contributed by atoms with E-state index in [1.165, 1.54) is 6.07 Å². The molecule has 2 aliphatic heterocycles. The van der Waals surface area contributed by atoms with E-state index in [1.807, 2.05) is 16.5 Å². The van der Waals surface area contributed by atoms with Gasteiger partial charge >= 0.3 is 0 Å². The second-order valence-electron chi connectivity index (χ2n) is 7.97. The Balaban J connectivity index is 1.49. The monoisotopic (exact) mass is 421 g/mol. The van der Waals surface area contributed by atoms with E-state index in [4.69, 9.17) is 28.6 Å². The molecule has 2 atom stereocenters. The number of hydrogen-bond acceptors (Lipinski definition) is 3. The van der Waals surface area contributed by atoms with Crippen molar-refractivity contribution in [2.24, 2.45) is 7.05 Å². The molecule has 0 N–H and O–H groups in total. The number of carbonyl (C=O) groups excluding carboxylic acids is 1. The number of carbonyl (C=O) groups is 1. The first-order chi connectivity index (χ1) is 13.4. The van der Waals surface area contributed by atoms with Gasteiger partial charge in [-0.05, 0) is 42.4 Å². The van der Waals surface area contributed by atoms with Crippen LogP contribution in [-0.2, 0) is 35.0 Å². The van der Waals surface area contributed by atoms with Crippen molar-refractivity contribution in [2.45, 2.75) is 30.7 Å². The summed E-state index contributed by atoms with van der Waals surface area (Å²) in [5.74, 6) is 0.0455. The lowest BCUT2D eigenvalue weighted by Crippen LogP contribution is -2.41. The Morgan fingerprint density at radius 3 is 2.89 bits per heavy atom. The first-order valence-electron chi connectivity index (χ1n) is 9.52. The molecule has 1 amide bonds. The van der Waals surface area contributed by atoms with Gasteiger partial charge in [-0.15, -0.1) is 0 Å². The number of fused-ring (bicyclic) bond motifs is 3. The van der Waals surface area contributed by atoms with Crippen LogP contribution in [0.5, 0.6) is 0 Å². The largest absolute Gasteiger partial charge is 0.378 e. The minimum Gasteiger partial charge on any atom is -0.378 e. The van der Waals surface area contributed by atoms with Crippen LogP contribution in [0.25, 0.3) is 0 Å². The Labute approximate surface area is 172 Å². The summed E-state index contributed by atoms with van der Waals surface area (Å²) in [4.78, 5) is 14.7. The van der Waals surface area contributed by atoms with Crippen LogP contribution in [0.15, 0.2) is 18.2 Å². The zero-order chi connectivity index (χ0) is 19.6. The molecule has 1 aromatic heterocycles. The second kappa shape index (κ2) is 6.40. The maximum Gasteiger partial charge on any atom is 0.228 e. The summed E-state index contributed by atoms with van der Waals surface area (Å²) in [6.07, 6.45) is 1.18. The van der Waals surface area contributed by atoms with Gasteiger partial charge < -0.3 is 18.8 Å². The Hall–Kier alpha value is -1.70. The molecule has 148 valence electrons. The molecular weight excluding hydrogens is 401 g/mol. The van der Waals surface area contributed by atoms with Crippen LogP contribution in [-0.4, -0.2) is 46.2 Å². The fraction of sp³-hybridized carbons (Fsp3) is 0.500. The zero-order valence-electron chi connectivity index (χ0n) is 15.6. The van der Waals surface area contributed by atoms with Crippen LogP contribution < -0.4 is 0 Å². The molecule has 28 heavy (non-hydrogen) atoms. The third kappa shape index (κ3) is 2.60. The highest BCUT2D eigenvalue weighted by Crippen LogP contribution is 2.66. The van der Waals surface area contributed by atoms with E-state index in [9.17, 15) is 9.18 Å². The molecule has 2 fully saturated rings. The van der Waals surface area contributed by atoms with E-state index in [1.54, 1.807) is 12.1 Å². The van der Waals surface area contributed by atoms with Gasteiger partial charge in [0.2, 0.25) is 5.91 Å². The number of aromatic nitrogens is 2. The van der Waals surface area contributed by atoms with E-state index < -0.39 is 0 Å². The van der Waals surface area contributed by atoms with E-state index in [-0.39, 0.29) is 23.1 Å². The highest BCUT2D eigenvalue weighted by Gasteiger charge is 2.63. The second-order valence-corrected chi connectivity index (χ2v) is 8.77. The summed E-state index contributed by atoms with van der Waals surface area (Å²) in [5.41, 5.74) is 2.42. The fourth-order valence-electron chi connectivity index (χ4n) is 4.93. The van der Waals surface area contributed by atoms with Crippen LogP contribution in [0.4, 0.5) is 4.39 Å². The molecule has 3 aliphatic rings. The van der Waals surface area contributed by atoms with Gasteiger partial charge in [0.15, 0.2) is 4.77 Å². The van der Waals surface area contributed by atoms with Gasteiger partial charge in [0.25, 0.3) is 0 Å². The number of halogens is 2. The zero-order valence-corrected chi connectivity index (χ0v) is 17.2. The number of morpholine rings is 1. The van der Waals surface area contributed by atoms with Crippen LogP contribution in [0.3, 0.4) is 0 Å². The van der Waals surface area contributed by atoms with Gasteiger partial charge in [-0.3, -0.25) is 4.79 Å². The molecule has 1 saturated carbocycles. The molecule has 8 heteroatoms. The summed E-state index contributed by atoms with van der Waals surface area (Å²) in [6, 6.07) is 4.76. The Bertz CT molecular complexity index is 1040. The first kappa shape index (κ1) is 18.3. The predicted molar refractivity (Wildman–Crippen MR) is 106 cm³/mol. The number of amides is 1. The molecule has 1 aromatic carbocycles. The molecule has 5 nitrogen and oxygen atoms in total. The SMILES string of the molecule is Cn1c(CC(=O)N2CCOCC2)c2n(c1=S)C[C@@]1(c3cc(Cl)ccc3F)C[C@@H]21. The molecule has 5 rings (SSSR count). The van der Waals surface area contributed by atoms with Crippen molar-refractivity contribution in [3.05, 3.63) is 50.8 Å². The highest BCUT2D eigenvalue weighted by molar-refractivity contribution is 7.71. The van der Waals surface area contributed by atoms with Crippen molar-refractivity contribution in [1.82, 2.24) is 14.0 Å². The van der Waals surface area contributed by atoms with E-state index in [0.717, 1.165) is 17.8 Å². The summed E-state index contributed by atoms with van der Waals surface area (Å²) < 4.78 is 24.6. The van der Waals surface area contributed by atoms with Crippen LogP contribution in [0.2, 0.25) is 5.02 Å². The van der Waals surface area contributed by atoms with Gasteiger partial charge in [-0.1, -0.05) is 11.6 Å². The topological polar surface area (TPSA) is 39.4 Å². The van der Waals surface area contributed by atoms with E-state index >= 15 is 0 Å². The van der Waals surface area contributed by atoms with Crippen molar-refractivity contribution in [1.29, 1.82) is 0 Å². The summed E-state index contributed by atoms with van der Waals surface area (Å²) in [7, 11) is 1.92. The van der Waals surface area contributed by atoms with Crippen molar-refractivity contribution >= 4 is 29.7 Å². The molecule has 1 aliphatic carbocycles. The van der Waals surface area contributed by atoms with Crippen molar-refractivity contribution in [3.63, 3.8) is 0 Å². The van der Waals surface area contributed by atoms with Gasteiger partial charge in [-0.25, -0.2) is 4.39 Å². The molecule has 3 heterocycles. The van der Waals surface area contributed by atoms with Crippen molar-refractivity contribution in [3.8, 4) is 0 Å². The minimum atomic E-state index is -0.289. The van der Waals surface area contributed by atoms with Crippen LogP contribution in [0.1, 0.15) is 29.3 Å². The van der Waals surface area contributed by atoms with E-state index in [0.29, 0.717) is 54.6 Å².